The summed E-state index contributed by atoms with van der Waals surface area (Å²) in [6.45, 7) is 0. The lowest BCUT2D eigenvalue weighted by Gasteiger charge is -2.14. The number of nitrogens with one attached hydrogen (secondary N) is 2. The molecule has 0 saturated heterocycles. The summed E-state index contributed by atoms with van der Waals surface area (Å²) >= 11 is 0. The molecule has 104 valence electrons. The number of hydrogen-bond acceptors (Lipinski definition) is 6. The molecule has 0 saturated carbocycles. The Kier molecular flexibility index (Phi) is 3.51. The minimum atomic E-state index is -0.714. The fourth-order valence-electron chi connectivity index (χ4n) is 2.10. The zero-order chi connectivity index (χ0) is 15.6. The lowest BCUT2D eigenvalue weighted by Crippen LogP contribution is -2.16. The maximum absolute atomic E-state index is 11.9. The van der Waals surface area contributed by atoms with Crippen molar-refractivity contribution >= 4 is 11.5 Å². The zero-order valence-corrected chi connectivity index (χ0v) is 11.1. The Morgan fingerprint density at radius 3 is 2.48 bits per heavy atom. The van der Waals surface area contributed by atoms with Crippen LogP contribution in [0, 0.1) is 22.7 Å². The Labute approximate surface area is 119 Å². The third kappa shape index (κ3) is 2.13. The molecule has 0 fully saturated rings. The number of aromatic nitrogens is 1. The number of phenolic OH excluding ortho intramolecular Hbond substituents is 1. The molecule has 2 aromatic rings. The summed E-state index contributed by atoms with van der Waals surface area (Å²) in [5, 5.41) is 31.4. The minimum Gasteiger partial charge on any atom is -0.507 e. The highest BCUT2D eigenvalue weighted by molar-refractivity contribution is 5.90. The van der Waals surface area contributed by atoms with Gasteiger partial charge in [0.15, 0.2) is 0 Å². The third-order valence-corrected chi connectivity index (χ3v) is 3.03. The molecular weight excluding hydrogens is 270 g/mol. The number of aromatic hydroxyl groups is 1. The third-order valence-electron chi connectivity index (χ3n) is 3.03. The van der Waals surface area contributed by atoms with Gasteiger partial charge in [-0.25, -0.2) is 0 Å². The van der Waals surface area contributed by atoms with E-state index in [2.05, 4.69) is 10.3 Å². The highest BCUT2D eigenvalue weighted by atomic mass is 16.3. The monoisotopic (exact) mass is 281 g/mol. The van der Waals surface area contributed by atoms with Crippen LogP contribution >= 0.6 is 0 Å². The Balaban J connectivity index is 3.05. The van der Waals surface area contributed by atoms with Gasteiger partial charge < -0.3 is 21.1 Å². The Hall–Kier alpha value is -3.45. The summed E-state index contributed by atoms with van der Waals surface area (Å²) in [5.41, 5.74) is 5.26. The van der Waals surface area contributed by atoms with E-state index in [1.54, 1.807) is 25.2 Å². The first-order valence-electron chi connectivity index (χ1n) is 5.91. The molecule has 0 aliphatic heterocycles. The number of nitrogens with zero attached hydrogens (tertiary/aromatic N) is 2. The van der Waals surface area contributed by atoms with Gasteiger partial charge in [-0.3, -0.25) is 4.79 Å². The predicted molar refractivity (Wildman–Crippen MR) is 77.6 cm³/mol. The van der Waals surface area contributed by atoms with Gasteiger partial charge in [0.25, 0.3) is 5.56 Å². The molecule has 0 bridgehead atoms. The van der Waals surface area contributed by atoms with Gasteiger partial charge in [0, 0.05) is 23.9 Å². The number of pyridine rings is 1. The fourth-order valence-corrected chi connectivity index (χ4v) is 2.10. The number of nitriles is 2. The molecular formula is C14H11N5O2. The first-order valence-corrected chi connectivity index (χ1v) is 5.91. The molecule has 7 heteroatoms. The molecule has 1 aromatic heterocycles. The van der Waals surface area contributed by atoms with Crippen LogP contribution in [-0.4, -0.2) is 17.1 Å². The van der Waals surface area contributed by atoms with Crippen molar-refractivity contribution in [2.24, 2.45) is 0 Å². The molecule has 0 spiro atoms. The van der Waals surface area contributed by atoms with E-state index in [1.807, 2.05) is 6.07 Å². The van der Waals surface area contributed by atoms with Crippen molar-refractivity contribution in [1.82, 2.24) is 4.98 Å². The topological polar surface area (TPSA) is 139 Å². The smallest absolute Gasteiger partial charge is 0.268 e. The average Bonchev–Trinajstić information content (AvgIpc) is 2.46. The normalized spacial score (nSPS) is 9.67. The molecule has 0 unspecified atom stereocenters. The Morgan fingerprint density at radius 2 is 1.90 bits per heavy atom. The molecule has 0 aliphatic carbocycles. The quantitative estimate of drug-likeness (QED) is 0.650. The first-order chi connectivity index (χ1) is 10.0. The number of rotatable bonds is 2. The number of benzene rings is 1. The molecule has 0 atom stereocenters. The van der Waals surface area contributed by atoms with E-state index < -0.39 is 5.56 Å². The van der Waals surface area contributed by atoms with Crippen molar-refractivity contribution in [2.75, 3.05) is 18.1 Å². The second-order valence-electron chi connectivity index (χ2n) is 4.17. The van der Waals surface area contributed by atoms with Crippen molar-refractivity contribution < 1.29 is 5.11 Å². The number of nitrogen functional groups attached to an aromatic ring is 1. The second-order valence-corrected chi connectivity index (χ2v) is 4.17. The number of H-pyrrole nitrogens is 1. The summed E-state index contributed by atoms with van der Waals surface area (Å²) in [7, 11) is 1.62. The predicted octanol–water partition coefficient (Wildman–Crippen LogP) is 1.11. The van der Waals surface area contributed by atoms with Crippen molar-refractivity contribution in [2.45, 2.75) is 0 Å². The van der Waals surface area contributed by atoms with E-state index >= 15 is 0 Å². The van der Waals surface area contributed by atoms with E-state index in [1.165, 1.54) is 6.07 Å². The van der Waals surface area contributed by atoms with Gasteiger partial charge in [0.2, 0.25) is 0 Å². The molecule has 0 aliphatic rings. The van der Waals surface area contributed by atoms with Crippen LogP contribution in [0.2, 0.25) is 0 Å². The van der Waals surface area contributed by atoms with Crippen LogP contribution in [-0.2, 0) is 0 Å². The summed E-state index contributed by atoms with van der Waals surface area (Å²) < 4.78 is 0. The Morgan fingerprint density at radius 1 is 1.24 bits per heavy atom. The zero-order valence-electron chi connectivity index (χ0n) is 11.1. The maximum Gasteiger partial charge on any atom is 0.268 e. The van der Waals surface area contributed by atoms with Crippen LogP contribution < -0.4 is 16.6 Å². The van der Waals surface area contributed by atoms with Crippen LogP contribution in [0.3, 0.4) is 0 Å². The molecule has 1 aromatic carbocycles. The van der Waals surface area contributed by atoms with E-state index in [0.717, 1.165) is 0 Å². The number of phenols is 1. The lowest BCUT2D eigenvalue weighted by atomic mass is 9.94. The Bertz CT molecular complexity index is 855. The summed E-state index contributed by atoms with van der Waals surface area (Å²) in [5.74, 6) is -0.318. The minimum absolute atomic E-state index is 0.0173. The molecule has 7 nitrogen and oxygen atoms in total. The molecule has 2 rings (SSSR count). The molecule has 21 heavy (non-hydrogen) atoms. The second kappa shape index (κ2) is 5.27. The van der Waals surface area contributed by atoms with Crippen LogP contribution in [0.15, 0.2) is 23.0 Å². The lowest BCUT2D eigenvalue weighted by molar-refractivity contribution is 0.477. The molecule has 0 radical (unpaired) electrons. The van der Waals surface area contributed by atoms with Crippen molar-refractivity contribution in [1.29, 1.82) is 10.5 Å². The van der Waals surface area contributed by atoms with Crippen molar-refractivity contribution in [3.8, 4) is 29.0 Å². The molecule has 5 N–H and O–H groups in total. The van der Waals surface area contributed by atoms with Crippen LogP contribution in [0.25, 0.3) is 11.1 Å². The van der Waals surface area contributed by atoms with Gasteiger partial charge >= 0.3 is 0 Å². The van der Waals surface area contributed by atoms with Gasteiger partial charge in [-0.2, -0.15) is 10.5 Å². The van der Waals surface area contributed by atoms with Crippen LogP contribution in [0.4, 0.5) is 11.5 Å². The molecule has 1 heterocycles. The summed E-state index contributed by atoms with van der Waals surface area (Å²) in [6.07, 6.45) is 0. The molecule has 0 amide bonds. The fraction of sp³-hybridized carbons (Fsp3) is 0.0714. The SMILES string of the molecule is CNc1cccc(O)c1-c1c(C#N)c(N)[nH]c(=O)c1C#N. The first kappa shape index (κ1) is 14.0. The summed E-state index contributed by atoms with van der Waals surface area (Å²) in [4.78, 5) is 14.1. The van der Waals surface area contributed by atoms with Gasteiger partial charge in [-0.1, -0.05) is 6.07 Å². The van der Waals surface area contributed by atoms with E-state index in [9.17, 15) is 20.4 Å². The van der Waals surface area contributed by atoms with Crippen LogP contribution in [0.1, 0.15) is 11.1 Å². The highest BCUT2D eigenvalue weighted by Gasteiger charge is 2.22. The number of aromatic amines is 1. The number of nitrogens with two attached hydrogens (primary N) is 1. The number of anilines is 2. The van der Waals surface area contributed by atoms with Crippen molar-refractivity contribution in [3.05, 3.63) is 39.7 Å². The van der Waals surface area contributed by atoms with Gasteiger partial charge in [-0.05, 0) is 12.1 Å². The van der Waals surface area contributed by atoms with E-state index in [4.69, 9.17) is 5.73 Å². The van der Waals surface area contributed by atoms with Gasteiger partial charge in [0.1, 0.15) is 34.8 Å². The average molecular weight is 281 g/mol. The van der Waals surface area contributed by atoms with E-state index in [0.29, 0.717) is 5.69 Å². The standard InChI is InChI=1S/C14H11N5O2/c1-18-9-3-2-4-10(20)12(9)11-7(5-15)13(17)19-14(21)8(11)6-16/h2-4,18,20H,1H3,(H3,17,19,21). The number of hydrogen-bond donors (Lipinski definition) is 4. The van der Waals surface area contributed by atoms with Crippen molar-refractivity contribution in [3.63, 3.8) is 0 Å². The largest absolute Gasteiger partial charge is 0.507 e. The highest BCUT2D eigenvalue weighted by Crippen LogP contribution is 2.39. The van der Waals surface area contributed by atoms with Gasteiger partial charge in [-0.15, -0.1) is 0 Å². The van der Waals surface area contributed by atoms with Crippen LogP contribution in [0.5, 0.6) is 5.75 Å². The summed E-state index contributed by atoms with van der Waals surface area (Å²) in [6, 6.07) is 8.25. The van der Waals surface area contributed by atoms with Gasteiger partial charge in [0.05, 0.1) is 0 Å². The maximum atomic E-state index is 11.9. The van der Waals surface area contributed by atoms with E-state index in [-0.39, 0.29) is 33.8 Å².